The summed E-state index contributed by atoms with van der Waals surface area (Å²) >= 11 is 1.87. The van der Waals surface area contributed by atoms with Crippen molar-refractivity contribution in [2.24, 2.45) is 0 Å². The number of carbonyl (C=O) groups excluding carboxylic acids is 1. The number of rotatable bonds is 4. The first-order valence-corrected chi connectivity index (χ1v) is 5.02. The van der Waals surface area contributed by atoms with E-state index in [4.69, 9.17) is 0 Å². The number of nitrogens with zero attached hydrogens (tertiary/aromatic N) is 1. The van der Waals surface area contributed by atoms with Crippen LogP contribution < -0.4 is 5.11 Å². The molecule has 5 nitrogen and oxygen atoms in total. The third-order valence-electron chi connectivity index (χ3n) is 1.12. The Morgan fingerprint density at radius 3 is 2.92 bits per heavy atom. The summed E-state index contributed by atoms with van der Waals surface area (Å²) in [5, 5.41) is 22.0. The quantitative estimate of drug-likeness (QED) is 0.417. The average molecular weight is 218 g/mol. The van der Waals surface area contributed by atoms with Gasteiger partial charge in [-0.25, -0.2) is 0 Å². The predicted octanol–water partition coefficient (Wildman–Crippen LogP) is 0.498. The van der Waals surface area contributed by atoms with Crippen LogP contribution in [0.15, 0.2) is 16.3 Å². The van der Waals surface area contributed by atoms with Crippen LogP contribution in [0, 0.1) is 10.1 Å². The molecular weight excluding hydrogens is 214 g/mol. The molecule has 0 amide bonds. The van der Waals surface area contributed by atoms with Crippen LogP contribution in [0.5, 0.6) is 0 Å². The Kier molecular flexibility index (Phi) is 3.26. The Balaban J connectivity index is 2.71. The SMILES string of the molecule is O=C([O-])CSc1ccsc1[N+](=O)[O-]. The lowest BCUT2D eigenvalue weighted by atomic mass is 10.6. The van der Waals surface area contributed by atoms with E-state index in [0.29, 0.717) is 4.90 Å². The lowest BCUT2D eigenvalue weighted by molar-refractivity contribution is -0.382. The van der Waals surface area contributed by atoms with Crippen molar-refractivity contribution in [1.29, 1.82) is 0 Å². The highest BCUT2D eigenvalue weighted by molar-refractivity contribution is 8.00. The molecule has 0 spiro atoms. The molecule has 1 heterocycles. The Morgan fingerprint density at radius 2 is 2.38 bits per heavy atom. The Hall–Kier alpha value is -1.08. The number of carboxylic acids is 1. The van der Waals surface area contributed by atoms with Gasteiger partial charge in [-0.2, -0.15) is 0 Å². The molecule has 1 aromatic rings. The molecule has 0 unspecified atom stereocenters. The largest absolute Gasteiger partial charge is 0.549 e. The molecule has 1 rings (SSSR count). The van der Waals surface area contributed by atoms with E-state index >= 15 is 0 Å². The van der Waals surface area contributed by atoms with Gasteiger partial charge in [-0.05, 0) is 11.4 Å². The molecule has 70 valence electrons. The molecule has 0 saturated carbocycles. The smallest absolute Gasteiger partial charge is 0.337 e. The van der Waals surface area contributed by atoms with E-state index in [0.717, 1.165) is 23.1 Å². The Bertz CT molecular complexity index is 335. The average Bonchev–Trinajstić information content (AvgIpc) is 2.47. The van der Waals surface area contributed by atoms with Crippen LogP contribution in [0.1, 0.15) is 0 Å². The van der Waals surface area contributed by atoms with Gasteiger partial charge in [0, 0.05) is 5.75 Å². The van der Waals surface area contributed by atoms with Gasteiger partial charge in [0.2, 0.25) is 0 Å². The van der Waals surface area contributed by atoms with Crippen LogP contribution >= 0.6 is 23.1 Å². The van der Waals surface area contributed by atoms with Crippen molar-refractivity contribution >= 4 is 34.1 Å². The van der Waals surface area contributed by atoms with E-state index < -0.39 is 10.9 Å². The van der Waals surface area contributed by atoms with Crippen molar-refractivity contribution in [3.63, 3.8) is 0 Å². The molecule has 0 aromatic carbocycles. The van der Waals surface area contributed by atoms with Crippen LogP contribution in [0.3, 0.4) is 0 Å². The summed E-state index contributed by atoms with van der Waals surface area (Å²) < 4.78 is 0. The summed E-state index contributed by atoms with van der Waals surface area (Å²) in [4.78, 5) is 20.3. The summed E-state index contributed by atoms with van der Waals surface area (Å²) in [7, 11) is 0. The maximum Gasteiger partial charge on any atom is 0.337 e. The van der Waals surface area contributed by atoms with E-state index in [9.17, 15) is 20.0 Å². The zero-order valence-corrected chi connectivity index (χ0v) is 7.89. The molecule has 0 aliphatic carbocycles. The standard InChI is InChI=1S/C6H5NO4S2/c8-5(9)3-13-4-1-2-12-6(4)7(10)11/h1-2H,3H2,(H,8,9)/p-1. The maximum atomic E-state index is 10.4. The van der Waals surface area contributed by atoms with E-state index in [-0.39, 0.29) is 10.8 Å². The number of nitro groups is 1. The highest BCUT2D eigenvalue weighted by Gasteiger charge is 2.15. The highest BCUT2D eigenvalue weighted by Crippen LogP contribution is 2.33. The summed E-state index contributed by atoms with van der Waals surface area (Å²) in [6, 6.07) is 1.52. The van der Waals surface area contributed by atoms with Gasteiger partial charge in [0.25, 0.3) is 0 Å². The monoisotopic (exact) mass is 218 g/mol. The van der Waals surface area contributed by atoms with Crippen molar-refractivity contribution in [2.45, 2.75) is 4.90 Å². The summed E-state index contributed by atoms with van der Waals surface area (Å²) in [6.07, 6.45) is 0. The molecule has 0 aliphatic heterocycles. The second-order valence-electron chi connectivity index (χ2n) is 2.01. The zero-order chi connectivity index (χ0) is 9.84. The molecule has 1 aromatic heterocycles. The van der Waals surface area contributed by atoms with Gasteiger partial charge in [-0.3, -0.25) is 10.1 Å². The van der Waals surface area contributed by atoms with Crippen molar-refractivity contribution in [1.82, 2.24) is 0 Å². The fraction of sp³-hybridized carbons (Fsp3) is 0.167. The number of hydrogen-bond donors (Lipinski definition) is 0. The fourth-order valence-electron chi connectivity index (χ4n) is 0.669. The number of carboxylic acid groups (broad SMARTS) is 1. The molecule has 0 N–H and O–H groups in total. The summed E-state index contributed by atoms with van der Waals surface area (Å²) in [6.45, 7) is 0. The van der Waals surface area contributed by atoms with Crippen molar-refractivity contribution < 1.29 is 14.8 Å². The summed E-state index contributed by atoms with van der Waals surface area (Å²) in [5.41, 5.74) is 0. The molecule has 0 atom stereocenters. The first-order valence-electron chi connectivity index (χ1n) is 3.16. The first-order chi connectivity index (χ1) is 6.11. The second kappa shape index (κ2) is 4.24. The minimum atomic E-state index is -1.23. The van der Waals surface area contributed by atoms with Crippen molar-refractivity contribution in [2.75, 3.05) is 5.75 Å². The van der Waals surface area contributed by atoms with Gasteiger partial charge in [-0.1, -0.05) is 11.3 Å². The van der Waals surface area contributed by atoms with E-state index in [1.165, 1.54) is 6.07 Å². The molecule has 0 fully saturated rings. The fourth-order valence-corrected chi connectivity index (χ4v) is 2.32. The van der Waals surface area contributed by atoms with Gasteiger partial charge in [0.1, 0.15) is 0 Å². The number of thioether (sulfide) groups is 1. The van der Waals surface area contributed by atoms with Gasteiger partial charge in [0.05, 0.1) is 15.8 Å². The Labute approximate surface area is 81.5 Å². The van der Waals surface area contributed by atoms with Gasteiger partial charge in [-0.15, -0.1) is 11.8 Å². The Morgan fingerprint density at radius 1 is 1.69 bits per heavy atom. The van der Waals surface area contributed by atoms with Gasteiger partial charge in [0.15, 0.2) is 0 Å². The highest BCUT2D eigenvalue weighted by atomic mass is 32.2. The third kappa shape index (κ3) is 2.71. The first kappa shape index (κ1) is 10.0. The van der Waals surface area contributed by atoms with E-state index in [1.54, 1.807) is 5.38 Å². The number of hydrogen-bond acceptors (Lipinski definition) is 6. The number of carbonyl (C=O) groups is 1. The second-order valence-corrected chi connectivity index (χ2v) is 3.92. The molecule has 13 heavy (non-hydrogen) atoms. The normalized spacial score (nSPS) is 9.85. The molecule has 0 bridgehead atoms. The van der Waals surface area contributed by atoms with Crippen LogP contribution in [0.2, 0.25) is 0 Å². The predicted molar refractivity (Wildman–Crippen MR) is 46.7 cm³/mol. The maximum absolute atomic E-state index is 10.4. The van der Waals surface area contributed by atoms with Gasteiger partial charge >= 0.3 is 5.00 Å². The lowest BCUT2D eigenvalue weighted by Crippen LogP contribution is -2.24. The number of aliphatic carboxylic acids is 1. The number of thiophene rings is 1. The van der Waals surface area contributed by atoms with E-state index in [1.807, 2.05) is 0 Å². The molecular formula is C6H4NO4S2-. The lowest BCUT2D eigenvalue weighted by Gasteiger charge is -1.98. The van der Waals surface area contributed by atoms with Crippen molar-refractivity contribution in [3.8, 4) is 0 Å². The van der Waals surface area contributed by atoms with Crippen molar-refractivity contribution in [3.05, 3.63) is 21.6 Å². The summed E-state index contributed by atoms with van der Waals surface area (Å²) in [5.74, 6) is -1.50. The van der Waals surface area contributed by atoms with E-state index in [2.05, 4.69) is 0 Å². The van der Waals surface area contributed by atoms with Crippen LogP contribution in [0.4, 0.5) is 5.00 Å². The minimum Gasteiger partial charge on any atom is -0.549 e. The molecule has 0 radical (unpaired) electrons. The van der Waals surface area contributed by atoms with Gasteiger partial charge < -0.3 is 9.90 Å². The third-order valence-corrected chi connectivity index (χ3v) is 3.14. The topological polar surface area (TPSA) is 83.3 Å². The van der Waals surface area contributed by atoms with Crippen LogP contribution in [-0.4, -0.2) is 16.6 Å². The minimum absolute atomic E-state index is 0.0220. The zero-order valence-electron chi connectivity index (χ0n) is 6.26. The molecule has 0 saturated heterocycles. The van der Waals surface area contributed by atoms with Crippen LogP contribution in [-0.2, 0) is 4.79 Å². The molecule has 0 aliphatic rings. The van der Waals surface area contributed by atoms with Crippen LogP contribution in [0.25, 0.3) is 0 Å². The molecule has 7 heteroatoms.